The van der Waals surface area contributed by atoms with Crippen molar-refractivity contribution in [2.24, 2.45) is 11.8 Å². The third kappa shape index (κ3) is 6.68. The van der Waals surface area contributed by atoms with Gasteiger partial charge in [-0.3, -0.25) is 0 Å². The Balaban J connectivity index is 0.000000364. The van der Waals surface area contributed by atoms with Gasteiger partial charge in [0.1, 0.15) is 0 Å². The maximum absolute atomic E-state index is 8.79. The fourth-order valence-electron chi connectivity index (χ4n) is 1.60. The van der Waals surface area contributed by atoms with E-state index in [2.05, 4.69) is 0 Å². The molecule has 0 aromatic carbocycles. The van der Waals surface area contributed by atoms with Gasteiger partial charge in [0.25, 0.3) is 0 Å². The van der Waals surface area contributed by atoms with E-state index in [1.807, 2.05) is 0 Å². The van der Waals surface area contributed by atoms with Gasteiger partial charge in [0.05, 0.1) is 0 Å². The van der Waals surface area contributed by atoms with Gasteiger partial charge in [-0.15, -0.1) is 0 Å². The maximum atomic E-state index is 8.79. The third-order valence-electron chi connectivity index (χ3n) is 2.48. The van der Waals surface area contributed by atoms with Gasteiger partial charge in [-0.05, 0) is 37.5 Å². The van der Waals surface area contributed by atoms with Gasteiger partial charge in [-0.25, -0.2) is 4.79 Å². The summed E-state index contributed by atoms with van der Waals surface area (Å²) in [6, 6.07) is 0. The average Bonchev–Trinajstić information content (AvgIpc) is 2.17. The fourth-order valence-corrected chi connectivity index (χ4v) is 1.60. The lowest BCUT2D eigenvalue weighted by Crippen LogP contribution is -2.19. The van der Waals surface area contributed by atoms with Gasteiger partial charge in [0.15, 0.2) is 0 Å². The van der Waals surface area contributed by atoms with Gasteiger partial charge in [-0.1, -0.05) is 0 Å². The molecule has 0 unspecified atom stereocenters. The van der Waals surface area contributed by atoms with Crippen LogP contribution in [0.3, 0.4) is 0 Å². The molecule has 1 saturated carbocycles. The topological polar surface area (TPSA) is 98.0 Å². The van der Waals surface area contributed by atoms with E-state index in [9.17, 15) is 0 Å². The van der Waals surface area contributed by atoms with Crippen LogP contribution in [-0.4, -0.2) is 39.8 Å². The molecule has 84 valence electrons. The minimum atomic E-state index is -1.83. The van der Waals surface area contributed by atoms with Crippen LogP contribution < -0.4 is 0 Å². The van der Waals surface area contributed by atoms with E-state index in [1.165, 1.54) is 0 Å². The summed E-state index contributed by atoms with van der Waals surface area (Å²) in [6.07, 6.45) is 2.56. The van der Waals surface area contributed by atoms with Crippen molar-refractivity contribution < 1.29 is 25.2 Å². The highest BCUT2D eigenvalue weighted by atomic mass is 16.6. The lowest BCUT2D eigenvalue weighted by Gasteiger charge is -2.25. The van der Waals surface area contributed by atoms with Crippen LogP contribution in [0.2, 0.25) is 0 Å². The highest BCUT2D eigenvalue weighted by Crippen LogP contribution is 2.27. The van der Waals surface area contributed by atoms with E-state index in [-0.39, 0.29) is 0 Å². The summed E-state index contributed by atoms with van der Waals surface area (Å²) in [7, 11) is 0. The molecule has 4 N–H and O–H groups in total. The van der Waals surface area contributed by atoms with Crippen LogP contribution in [0.15, 0.2) is 0 Å². The summed E-state index contributed by atoms with van der Waals surface area (Å²) in [4.78, 5) is 8.56. The molecule has 0 aromatic heterocycles. The molecule has 14 heavy (non-hydrogen) atoms. The molecule has 1 fully saturated rings. The second-order valence-electron chi connectivity index (χ2n) is 3.53. The maximum Gasteiger partial charge on any atom is 0.503 e. The van der Waals surface area contributed by atoms with E-state index in [0.29, 0.717) is 25.0 Å². The Labute approximate surface area is 83.0 Å². The molecular weight excluding hydrogens is 188 g/mol. The van der Waals surface area contributed by atoms with Gasteiger partial charge in [-0.2, -0.15) is 0 Å². The van der Waals surface area contributed by atoms with Crippen LogP contribution in [0.25, 0.3) is 0 Å². The van der Waals surface area contributed by atoms with Crippen molar-refractivity contribution in [1.82, 2.24) is 0 Å². The summed E-state index contributed by atoms with van der Waals surface area (Å²) in [6.45, 7) is 0.663. The summed E-state index contributed by atoms with van der Waals surface area (Å²) < 4.78 is 0. The van der Waals surface area contributed by atoms with E-state index in [4.69, 9.17) is 25.2 Å². The zero-order valence-electron chi connectivity index (χ0n) is 8.09. The molecule has 1 aliphatic rings. The van der Waals surface area contributed by atoms with Gasteiger partial charge in [0.2, 0.25) is 0 Å². The average molecular weight is 206 g/mol. The summed E-state index contributed by atoms with van der Waals surface area (Å²) in [5, 5.41) is 31.5. The molecule has 0 aliphatic heterocycles. The molecule has 0 radical (unpaired) electrons. The van der Waals surface area contributed by atoms with E-state index in [1.54, 1.807) is 0 Å². The van der Waals surface area contributed by atoms with E-state index in [0.717, 1.165) is 25.7 Å². The smallest absolute Gasteiger partial charge is 0.450 e. The van der Waals surface area contributed by atoms with Crippen LogP contribution in [0.5, 0.6) is 0 Å². The number of hydrogen-bond acceptors (Lipinski definition) is 3. The normalized spacial score (nSPS) is 26.1. The Bertz CT molecular complexity index is 135. The summed E-state index contributed by atoms with van der Waals surface area (Å²) >= 11 is 0. The Hall–Kier alpha value is -0.810. The van der Waals surface area contributed by atoms with Crippen molar-refractivity contribution in [3.63, 3.8) is 0 Å². The first-order chi connectivity index (χ1) is 6.60. The first-order valence-electron chi connectivity index (χ1n) is 4.73. The minimum Gasteiger partial charge on any atom is -0.450 e. The lowest BCUT2D eigenvalue weighted by atomic mass is 9.83. The summed E-state index contributed by atoms with van der Waals surface area (Å²) in [5.41, 5.74) is 0. The Kier molecular flexibility index (Phi) is 7.14. The second-order valence-corrected chi connectivity index (χ2v) is 3.53. The first-order valence-corrected chi connectivity index (χ1v) is 4.73. The third-order valence-corrected chi connectivity index (χ3v) is 2.48. The van der Waals surface area contributed by atoms with Crippen molar-refractivity contribution in [1.29, 1.82) is 0 Å². The standard InChI is InChI=1S/C8H16O2.CH2O3/c9-5-7-1-2-8(6-10)4-3-7;2-1(3)4/h7-10H,1-6H2;(H2,2,3,4). The molecule has 1 rings (SSSR count). The first kappa shape index (κ1) is 13.2. The molecule has 1 aliphatic carbocycles. The second kappa shape index (κ2) is 7.58. The lowest BCUT2D eigenvalue weighted by molar-refractivity contribution is 0.131. The highest BCUT2D eigenvalue weighted by molar-refractivity contribution is 5.53. The van der Waals surface area contributed by atoms with E-state index >= 15 is 0 Å². The van der Waals surface area contributed by atoms with Crippen molar-refractivity contribution in [3.8, 4) is 0 Å². The van der Waals surface area contributed by atoms with Crippen LogP contribution in [0.1, 0.15) is 25.7 Å². The molecule has 0 amide bonds. The Morgan fingerprint density at radius 3 is 1.29 bits per heavy atom. The SMILES string of the molecule is O=C(O)O.OCC1CCC(CO)CC1. The van der Waals surface area contributed by atoms with Crippen LogP contribution in [-0.2, 0) is 0 Å². The number of hydrogen-bond donors (Lipinski definition) is 4. The molecule has 0 bridgehead atoms. The van der Waals surface area contributed by atoms with Crippen LogP contribution >= 0.6 is 0 Å². The number of rotatable bonds is 2. The molecule has 0 saturated heterocycles. The van der Waals surface area contributed by atoms with Crippen molar-refractivity contribution in [2.75, 3.05) is 13.2 Å². The quantitative estimate of drug-likeness (QED) is 0.540. The zero-order valence-corrected chi connectivity index (χ0v) is 8.09. The largest absolute Gasteiger partial charge is 0.503 e. The Morgan fingerprint density at radius 2 is 1.14 bits per heavy atom. The molecule has 0 atom stereocenters. The molecule has 0 heterocycles. The van der Waals surface area contributed by atoms with Crippen molar-refractivity contribution in [2.45, 2.75) is 25.7 Å². The molecular formula is C9H18O5. The monoisotopic (exact) mass is 206 g/mol. The minimum absolute atomic E-state index is 0.331. The molecule has 0 spiro atoms. The predicted octanol–water partition coefficient (Wildman–Crippen LogP) is 1.000. The van der Waals surface area contributed by atoms with E-state index < -0.39 is 6.16 Å². The van der Waals surface area contributed by atoms with Gasteiger partial charge >= 0.3 is 6.16 Å². The Morgan fingerprint density at radius 1 is 0.929 bits per heavy atom. The molecule has 5 heteroatoms. The number of carboxylic acid groups (broad SMARTS) is 2. The van der Waals surface area contributed by atoms with Crippen LogP contribution in [0.4, 0.5) is 4.79 Å². The van der Waals surface area contributed by atoms with Gasteiger partial charge < -0.3 is 20.4 Å². The molecule has 5 nitrogen and oxygen atoms in total. The van der Waals surface area contributed by atoms with Crippen LogP contribution in [0, 0.1) is 11.8 Å². The number of carbonyl (C=O) groups is 1. The summed E-state index contributed by atoms with van der Waals surface area (Å²) in [5.74, 6) is 1.03. The predicted molar refractivity (Wildman–Crippen MR) is 50.3 cm³/mol. The highest BCUT2D eigenvalue weighted by Gasteiger charge is 2.19. The zero-order chi connectivity index (χ0) is 11.0. The van der Waals surface area contributed by atoms with Gasteiger partial charge in [0, 0.05) is 13.2 Å². The fraction of sp³-hybridized carbons (Fsp3) is 0.889. The van der Waals surface area contributed by atoms with Crippen molar-refractivity contribution in [3.05, 3.63) is 0 Å². The molecule has 0 aromatic rings. The number of aliphatic hydroxyl groups is 2. The van der Waals surface area contributed by atoms with Crippen molar-refractivity contribution >= 4 is 6.16 Å². The number of aliphatic hydroxyl groups excluding tert-OH is 2.